The summed E-state index contributed by atoms with van der Waals surface area (Å²) in [7, 11) is 0. The van der Waals surface area contributed by atoms with Crippen LogP contribution in [0, 0.1) is 0 Å². The number of carbonyl (C=O) groups excluding carboxylic acids is 1. The van der Waals surface area contributed by atoms with Crippen LogP contribution in [0.3, 0.4) is 0 Å². The summed E-state index contributed by atoms with van der Waals surface area (Å²) in [6, 6.07) is 1.70. The molecule has 0 amide bonds. The lowest BCUT2D eigenvalue weighted by Crippen LogP contribution is -2.17. The lowest BCUT2D eigenvalue weighted by molar-refractivity contribution is -0.140. The molecule has 94 valence electrons. The van der Waals surface area contributed by atoms with E-state index in [-0.39, 0.29) is 12.5 Å². The number of hydrogen-bond acceptors (Lipinski definition) is 6. The number of anilines is 2. The highest BCUT2D eigenvalue weighted by Crippen LogP contribution is 2.05. The summed E-state index contributed by atoms with van der Waals surface area (Å²) in [6.45, 7) is 5.15. The van der Waals surface area contributed by atoms with Crippen molar-refractivity contribution in [1.82, 2.24) is 9.97 Å². The smallest absolute Gasteiger partial charge is 0.325 e. The fraction of sp³-hybridized carbons (Fsp3) is 0.545. The van der Waals surface area contributed by atoms with E-state index in [4.69, 9.17) is 4.74 Å². The van der Waals surface area contributed by atoms with Gasteiger partial charge in [0, 0.05) is 12.7 Å². The van der Waals surface area contributed by atoms with Gasteiger partial charge < -0.3 is 15.4 Å². The van der Waals surface area contributed by atoms with Gasteiger partial charge in [0.25, 0.3) is 0 Å². The number of hydrogen-bond donors (Lipinski definition) is 2. The van der Waals surface area contributed by atoms with E-state index < -0.39 is 0 Å². The van der Waals surface area contributed by atoms with Crippen LogP contribution >= 0.6 is 0 Å². The zero-order valence-corrected chi connectivity index (χ0v) is 10.2. The predicted octanol–water partition coefficient (Wildman–Crippen LogP) is 1.27. The highest BCUT2D eigenvalue weighted by atomic mass is 16.5. The standard InChI is InChI=1S/C11H18N4O2/c1-3-6-12-11-13-7-5-9(15-11)14-8-10(16)17-4-2/h5,7H,3-4,6,8H2,1-2H3,(H2,12,13,14,15). The maximum atomic E-state index is 11.1. The Kier molecular flexibility index (Phi) is 5.77. The summed E-state index contributed by atoms with van der Waals surface area (Å²) in [6.07, 6.45) is 2.64. The molecule has 1 aromatic rings. The first-order chi connectivity index (χ1) is 8.26. The number of rotatable bonds is 7. The number of aromatic nitrogens is 2. The zero-order valence-electron chi connectivity index (χ0n) is 10.2. The van der Waals surface area contributed by atoms with Crippen LogP contribution in [0.25, 0.3) is 0 Å². The number of ether oxygens (including phenoxy) is 1. The molecule has 1 heterocycles. The molecular weight excluding hydrogens is 220 g/mol. The molecule has 0 saturated heterocycles. The average molecular weight is 238 g/mol. The molecule has 0 aliphatic rings. The summed E-state index contributed by atoms with van der Waals surface area (Å²) in [5.74, 6) is 0.863. The Bertz CT molecular complexity index is 357. The van der Waals surface area contributed by atoms with Gasteiger partial charge in [-0.2, -0.15) is 4.98 Å². The van der Waals surface area contributed by atoms with Crippen molar-refractivity contribution in [1.29, 1.82) is 0 Å². The third-order valence-corrected chi connectivity index (χ3v) is 1.91. The van der Waals surface area contributed by atoms with Crippen molar-refractivity contribution in [3.63, 3.8) is 0 Å². The zero-order chi connectivity index (χ0) is 12.5. The second-order valence-corrected chi connectivity index (χ2v) is 3.35. The minimum atomic E-state index is -0.297. The highest BCUT2D eigenvalue weighted by Gasteiger charge is 2.02. The van der Waals surface area contributed by atoms with Crippen LogP contribution in [0.15, 0.2) is 12.3 Å². The summed E-state index contributed by atoms with van der Waals surface area (Å²) in [4.78, 5) is 19.4. The van der Waals surface area contributed by atoms with Gasteiger partial charge in [-0.1, -0.05) is 6.92 Å². The molecule has 0 unspecified atom stereocenters. The fourth-order valence-corrected chi connectivity index (χ4v) is 1.15. The fourth-order valence-electron chi connectivity index (χ4n) is 1.15. The van der Waals surface area contributed by atoms with Gasteiger partial charge in [-0.25, -0.2) is 4.98 Å². The van der Waals surface area contributed by atoms with Gasteiger partial charge in [-0.15, -0.1) is 0 Å². The Hall–Kier alpha value is -1.85. The van der Waals surface area contributed by atoms with Crippen molar-refractivity contribution in [2.75, 3.05) is 30.3 Å². The van der Waals surface area contributed by atoms with E-state index in [9.17, 15) is 4.79 Å². The van der Waals surface area contributed by atoms with Gasteiger partial charge in [0.05, 0.1) is 6.61 Å². The van der Waals surface area contributed by atoms with Crippen molar-refractivity contribution in [3.8, 4) is 0 Å². The van der Waals surface area contributed by atoms with Crippen molar-refractivity contribution in [3.05, 3.63) is 12.3 Å². The molecule has 0 fully saturated rings. The molecule has 6 nitrogen and oxygen atoms in total. The minimum absolute atomic E-state index is 0.109. The van der Waals surface area contributed by atoms with Crippen LogP contribution in [-0.2, 0) is 9.53 Å². The molecule has 1 aromatic heterocycles. The Morgan fingerprint density at radius 1 is 1.41 bits per heavy atom. The predicted molar refractivity (Wildman–Crippen MR) is 65.9 cm³/mol. The van der Waals surface area contributed by atoms with Crippen molar-refractivity contribution in [2.45, 2.75) is 20.3 Å². The molecule has 1 rings (SSSR count). The lowest BCUT2D eigenvalue weighted by Gasteiger charge is -2.07. The Morgan fingerprint density at radius 2 is 2.24 bits per heavy atom. The molecule has 6 heteroatoms. The van der Waals surface area contributed by atoms with Crippen LogP contribution in [-0.4, -0.2) is 35.6 Å². The van der Waals surface area contributed by atoms with Crippen LogP contribution < -0.4 is 10.6 Å². The lowest BCUT2D eigenvalue weighted by atomic mass is 10.5. The van der Waals surface area contributed by atoms with Crippen LogP contribution in [0.5, 0.6) is 0 Å². The summed E-state index contributed by atoms with van der Waals surface area (Å²) in [5, 5.41) is 5.95. The van der Waals surface area contributed by atoms with Crippen LogP contribution in [0.1, 0.15) is 20.3 Å². The first kappa shape index (κ1) is 13.2. The first-order valence-electron chi connectivity index (χ1n) is 5.72. The molecule has 0 spiro atoms. The molecule has 2 N–H and O–H groups in total. The Labute approximate surface area is 101 Å². The third kappa shape index (κ3) is 5.14. The molecule has 17 heavy (non-hydrogen) atoms. The van der Waals surface area contributed by atoms with E-state index >= 15 is 0 Å². The summed E-state index contributed by atoms with van der Waals surface area (Å²) >= 11 is 0. The number of esters is 1. The first-order valence-corrected chi connectivity index (χ1v) is 5.72. The molecule has 0 aliphatic carbocycles. The van der Waals surface area contributed by atoms with Gasteiger partial charge in [0.2, 0.25) is 5.95 Å². The normalized spacial score (nSPS) is 9.76. The minimum Gasteiger partial charge on any atom is -0.465 e. The van der Waals surface area contributed by atoms with Crippen molar-refractivity contribution >= 4 is 17.7 Å². The van der Waals surface area contributed by atoms with E-state index in [1.165, 1.54) is 0 Å². The van der Waals surface area contributed by atoms with E-state index in [2.05, 4.69) is 27.5 Å². The maximum absolute atomic E-state index is 11.1. The second-order valence-electron chi connectivity index (χ2n) is 3.35. The van der Waals surface area contributed by atoms with Crippen molar-refractivity contribution in [2.24, 2.45) is 0 Å². The molecule has 0 radical (unpaired) electrons. The molecule has 0 aliphatic heterocycles. The topological polar surface area (TPSA) is 76.1 Å². The molecule has 0 atom stereocenters. The van der Waals surface area contributed by atoms with Gasteiger partial charge in [0.1, 0.15) is 12.4 Å². The van der Waals surface area contributed by atoms with Crippen LogP contribution in [0.2, 0.25) is 0 Å². The van der Waals surface area contributed by atoms with Gasteiger partial charge in [0.15, 0.2) is 0 Å². The molecule has 0 saturated carbocycles. The van der Waals surface area contributed by atoms with E-state index in [0.29, 0.717) is 18.4 Å². The molecule has 0 bridgehead atoms. The Morgan fingerprint density at radius 3 is 2.94 bits per heavy atom. The van der Waals surface area contributed by atoms with Crippen LogP contribution in [0.4, 0.5) is 11.8 Å². The summed E-state index contributed by atoms with van der Waals surface area (Å²) < 4.78 is 4.80. The number of nitrogens with one attached hydrogen (secondary N) is 2. The second kappa shape index (κ2) is 7.43. The quantitative estimate of drug-likeness (QED) is 0.697. The van der Waals surface area contributed by atoms with Gasteiger partial charge in [-0.3, -0.25) is 4.79 Å². The third-order valence-electron chi connectivity index (χ3n) is 1.91. The van der Waals surface area contributed by atoms with Gasteiger partial charge >= 0.3 is 5.97 Å². The summed E-state index contributed by atoms with van der Waals surface area (Å²) in [5.41, 5.74) is 0. The maximum Gasteiger partial charge on any atom is 0.325 e. The highest BCUT2D eigenvalue weighted by molar-refractivity contribution is 5.74. The van der Waals surface area contributed by atoms with Gasteiger partial charge in [-0.05, 0) is 19.4 Å². The number of carbonyl (C=O) groups is 1. The SMILES string of the molecule is CCCNc1nccc(NCC(=O)OCC)n1. The Balaban J connectivity index is 2.45. The van der Waals surface area contributed by atoms with Crippen molar-refractivity contribution < 1.29 is 9.53 Å². The number of nitrogens with zero attached hydrogens (tertiary/aromatic N) is 2. The van der Waals surface area contributed by atoms with E-state index in [1.54, 1.807) is 19.2 Å². The largest absolute Gasteiger partial charge is 0.465 e. The van der Waals surface area contributed by atoms with E-state index in [1.807, 2.05) is 0 Å². The monoisotopic (exact) mass is 238 g/mol. The van der Waals surface area contributed by atoms with E-state index in [0.717, 1.165) is 13.0 Å². The average Bonchev–Trinajstić information content (AvgIpc) is 2.35. The molecular formula is C11H18N4O2. The molecule has 0 aromatic carbocycles.